The summed E-state index contributed by atoms with van der Waals surface area (Å²) in [6, 6.07) is 20.0. The maximum Gasteiger partial charge on any atom is 0.254 e. The Bertz CT molecular complexity index is 1340. The molecule has 36 heavy (non-hydrogen) atoms. The van der Waals surface area contributed by atoms with Gasteiger partial charge in [0.05, 0.1) is 43.8 Å². The van der Waals surface area contributed by atoms with E-state index in [1.807, 2.05) is 57.9 Å². The lowest BCUT2D eigenvalue weighted by Gasteiger charge is -2.28. The van der Waals surface area contributed by atoms with E-state index < -0.39 is 0 Å². The number of nitrogens with one attached hydrogen (secondary N) is 1. The molecule has 184 valence electrons. The summed E-state index contributed by atoms with van der Waals surface area (Å²) >= 11 is 0. The highest BCUT2D eigenvalue weighted by molar-refractivity contribution is 5.94. The van der Waals surface area contributed by atoms with Crippen molar-refractivity contribution in [3.05, 3.63) is 72.4 Å². The molecule has 0 spiro atoms. The first-order valence-electron chi connectivity index (χ1n) is 12.3. The Kier molecular flexibility index (Phi) is 6.23. The van der Waals surface area contributed by atoms with Gasteiger partial charge in [0, 0.05) is 48.7 Å². The van der Waals surface area contributed by atoms with E-state index in [1.54, 1.807) is 6.20 Å². The predicted molar refractivity (Wildman–Crippen MR) is 138 cm³/mol. The fraction of sp³-hybridized carbons (Fsp3) is 0.296. The lowest BCUT2D eigenvalue weighted by molar-refractivity contribution is 0.0303. The second kappa shape index (κ2) is 9.96. The summed E-state index contributed by atoms with van der Waals surface area (Å²) in [4.78, 5) is 21.4. The Balaban J connectivity index is 1.19. The van der Waals surface area contributed by atoms with Crippen LogP contribution >= 0.6 is 0 Å². The van der Waals surface area contributed by atoms with Crippen LogP contribution in [-0.4, -0.2) is 78.0 Å². The number of carbonyl (C=O) groups is 1. The van der Waals surface area contributed by atoms with Crippen LogP contribution in [0.25, 0.3) is 16.8 Å². The van der Waals surface area contributed by atoms with Crippen molar-refractivity contribution in [2.24, 2.45) is 0 Å². The van der Waals surface area contributed by atoms with E-state index in [0.29, 0.717) is 37.8 Å². The molecule has 9 heteroatoms. The zero-order valence-electron chi connectivity index (χ0n) is 20.0. The average molecular weight is 485 g/mol. The van der Waals surface area contributed by atoms with Crippen molar-refractivity contribution >= 4 is 28.7 Å². The first-order valence-corrected chi connectivity index (χ1v) is 12.3. The van der Waals surface area contributed by atoms with Crippen LogP contribution in [0.3, 0.4) is 0 Å². The Hall–Kier alpha value is -3.95. The molecule has 1 amide bonds. The van der Waals surface area contributed by atoms with Crippen LogP contribution in [0.15, 0.2) is 66.9 Å². The predicted octanol–water partition coefficient (Wildman–Crippen LogP) is 3.45. The summed E-state index contributed by atoms with van der Waals surface area (Å²) in [6.07, 6.45) is 1.80. The van der Waals surface area contributed by atoms with Gasteiger partial charge in [-0.2, -0.15) is 0 Å². The second-order valence-electron chi connectivity index (χ2n) is 8.89. The molecule has 4 aromatic rings. The Morgan fingerprint density at radius 3 is 2.22 bits per heavy atom. The molecule has 4 heterocycles. The third-order valence-electron chi connectivity index (χ3n) is 6.62. The van der Waals surface area contributed by atoms with E-state index >= 15 is 0 Å². The minimum absolute atomic E-state index is 0.0401. The average Bonchev–Trinajstić information content (AvgIpc) is 3.37. The molecule has 1 N–H and O–H groups in total. The summed E-state index contributed by atoms with van der Waals surface area (Å²) in [5, 5.41) is 8.04. The minimum Gasteiger partial charge on any atom is -0.378 e. The fourth-order valence-corrected chi connectivity index (χ4v) is 4.62. The van der Waals surface area contributed by atoms with Crippen molar-refractivity contribution in [3.8, 4) is 11.3 Å². The minimum atomic E-state index is 0.0401. The molecular formula is C27H28N6O3. The number of nitrogens with zero attached hydrogens (tertiary/aromatic N) is 5. The van der Waals surface area contributed by atoms with E-state index in [-0.39, 0.29) is 5.91 Å². The van der Waals surface area contributed by atoms with Gasteiger partial charge in [0.2, 0.25) is 5.95 Å². The standard InChI is InChI=1S/C27H28N6O3/c34-26(32-13-17-36-18-14-32)21-3-1-20(2-4-21)25-10-9-24-19-28-27(30-33(24)25)29-22-5-7-23(8-6-22)31-11-15-35-16-12-31/h1-10,19H,11-18H2,(H,29,30). The number of morpholine rings is 2. The van der Waals surface area contributed by atoms with Gasteiger partial charge in [-0.15, -0.1) is 5.10 Å². The van der Waals surface area contributed by atoms with Crippen molar-refractivity contribution in [3.63, 3.8) is 0 Å². The van der Waals surface area contributed by atoms with Crippen molar-refractivity contribution in [1.29, 1.82) is 0 Å². The molecule has 0 radical (unpaired) electrons. The van der Waals surface area contributed by atoms with Gasteiger partial charge in [0.25, 0.3) is 5.91 Å². The van der Waals surface area contributed by atoms with E-state index in [9.17, 15) is 4.79 Å². The first kappa shape index (κ1) is 22.5. The summed E-state index contributed by atoms with van der Waals surface area (Å²) < 4.78 is 12.7. The summed E-state index contributed by atoms with van der Waals surface area (Å²) in [6.45, 7) is 5.79. The Labute approximate surface area is 209 Å². The molecule has 2 aromatic heterocycles. The van der Waals surface area contributed by atoms with Gasteiger partial charge in [-0.05, 0) is 48.5 Å². The Morgan fingerprint density at radius 1 is 0.806 bits per heavy atom. The van der Waals surface area contributed by atoms with Gasteiger partial charge < -0.3 is 24.6 Å². The van der Waals surface area contributed by atoms with Crippen molar-refractivity contribution in [2.45, 2.75) is 0 Å². The number of fused-ring (bicyclic) bond motifs is 1. The number of rotatable bonds is 5. The summed E-state index contributed by atoms with van der Waals surface area (Å²) in [5.41, 5.74) is 5.59. The molecule has 6 rings (SSSR count). The molecule has 2 fully saturated rings. The van der Waals surface area contributed by atoms with Crippen LogP contribution in [0.4, 0.5) is 17.3 Å². The smallest absolute Gasteiger partial charge is 0.254 e. The van der Waals surface area contributed by atoms with E-state index in [1.165, 1.54) is 5.69 Å². The third-order valence-corrected chi connectivity index (χ3v) is 6.62. The zero-order chi connectivity index (χ0) is 24.3. The lowest BCUT2D eigenvalue weighted by Crippen LogP contribution is -2.40. The number of amides is 1. The molecule has 2 aliphatic heterocycles. The van der Waals surface area contributed by atoms with Gasteiger partial charge in [-0.1, -0.05) is 12.1 Å². The number of benzene rings is 2. The van der Waals surface area contributed by atoms with E-state index in [0.717, 1.165) is 48.8 Å². The number of carbonyl (C=O) groups excluding carboxylic acids is 1. The maximum absolute atomic E-state index is 12.8. The highest BCUT2D eigenvalue weighted by Crippen LogP contribution is 2.25. The Morgan fingerprint density at radius 2 is 1.50 bits per heavy atom. The van der Waals surface area contributed by atoms with Gasteiger partial charge in [-0.3, -0.25) is 4.79 Å². The van der Waals surface area contributed by atoms with Gasteiger partial charge in [0.15, 0.2) is 0 Å². The van der Waals surface area contributed by atoms with Crippen LogP contribution in [0.5, 0.6) is 0 Å². The van der Waals surface area contributed by atoms with Crippen LogP contribution in [0, 0.1) is 0 Å². The van der Waals surface area contributed by atoms with Crippen LogP contribution < -0.4 is 10.2 Å². The molecule has 0 aliphatic carbocycles. The van der Waals surface area contributed by atoms with Crippen molar-refractivity contribution in [2.75, 3.05) is 62.8 Å². The van der Waals surface area contributed by atoms with Crippen LogP contribution in [-0.2, 0) is 9.47 Å². The van der Waals surface area contributed by atoms with Gasteiger partial charge >= 0.3 is 0 Å². The largest absolute Gasteiger partial charge is 0.378 e. The molecule has 2 saturated heterocycles. The molecule has 0 unspecified atom stereocenters. The van der Waals surface area contributed by atoms with E-state index in [2.05, 4.69) is 27.3 Å². The van der Waals surface area contributed by atoms with Gasteiger partial charge in [-0.25, -0.2) is 9.50 Å². The number of anilines is 3. The van der Waals surface area contributed by atoms with E-state index in [4.69, 9.17) is 14.6 Å². The second-order valence-corrected chi connectivity index (χ2v) is 8.89. The quantitative estimate of drug-likeness (QED) is 0.465. The van der Waals surface area contributed by atoms with Crippen molar-refractivity contribution in [1.82, 2.24) is 19.5 Å². The normalized spacial score (nSPS) is 16.3. The molecule has 0 bridgehead atoms. The highest BCUT2D eigenvalue weighted by Gasteiger charge is 2.19. The van der Waals surface area contributed by atoms with Crippen LogP contribution in [0.2, 0.25) is 0 Å². The highest BCUT2D eigenvalue weighted by atomic mass is 16.5. The van der Waals surface area contributed by atoms with Gasteiger partial charge in [0.1, 0.15) is 0 Å². The molecule has 0 atom stereocenters. The van der Waals surface area contributed by atoms with Crippen LogP contribution in [0.1, 0.15) is 10.4 Å². The number of aromatic nitrogens is 3. The zero-order valence-corrected chi connectivity index (χ0v) is 20.0. The fourth-order valence-electron chi connectivity index (χ4n) is 4.62. The summed E-state index contributed by atoms with van der Waals surface area (Å²) in [5.74, 6) is 0.552. The lowest BCUT2D eigenvalue weighted by atomic mass is 10.1. The number of hydrogen-bond donors (Lipinski definition) is 1. The topological polar surface area (TPSA) is 84.2 Å². The molecule has 2 aromatic carbocycles. The SMILES string of the molecule is O=C(c1ccc(-c2ccc3cnc(Nc4ccc(N5CCOCC5)cc4)nn23)cc1)N1CCOCC1. The monoisotopic (exact) mass is 484 g/mol. The molecule has 0 saturated carbocycles. The summed E-state index contributed by atoms with van der Waals surface area (Å²) in [7, 11) is 0. The maximum atomic E-state index is 12.8. The molecule has 2 aliphatic rings. The molecular weight excluding hydrogens is 456 g/mol. The third kappa shape index (κ3) is 4.62. The first-order chi connectivity index (χ1) is 17.7. The number of hydrogen-bond acceptors (Lipinski definition) is 7. The number of ether oxygens (including phenoxy) is 2. The van der Waals surface area contributed by atoms with Crippen molar-refractivity contribution < 1.29 is 14.3 Å². The molecule has 9 nitrogen and oxygen atoms in total.